The summed E-state index contributed by atoms with van der Waals surface area (Å²) in [5.41, 5.74) is 8.59. The summed E-state index contributed by atoms with van der Waals surface area (Å²) in [4.78, 5) is 28.3. The maximum absolute atomic E-state index is 12.3. The second-order valence-corrected chi connectivity index (χ2v) is 7.57. The summed E-state index contributed by atoms with van der Waals surface area (Å²) in [5.74, 6) is 0.607. The van der Waals surface area contributed by atoms with Gasteiger partial charge in [0, 0.05) is 36.6 Å². The van der Waals surface area contributed by atoms with E-state index in [2.05, 4.69) is 30.7 Å². The SMILES string of the molecule is Nc1ncnc(Nc2ccc(NC(=O)c3ccccc3)cc2)c1/C=N/OCCN1CCOCC1. The van der Waals surface area contributed by atoms with Gasteiger partial charge in [0.1, 0.15) is 24.6 Å². The lowest BCUT2D eigenvalue weighted by atomic mass is 10.2. The van der Waals surface area contributed by atoms with Crippen molar-refractivity contribution in [2.24, 2.45) is 5.16 Å². The average molecular weight is 462 g/mol. The highest BCUT2D eigenvalue weighted by Gasteiger charge is 2.11. The molecule has 4 N–H and O–H groups in total. The summed E-state index contributed by atoms with van der Waals surface area (Å²) in [5, 5.41) is 10.1. The van der Waals surface area contributed by atoms with Crippen molar-refractivity contribution in [3.63, 3.8) is 0 Å². The number of amides is 1. The number of benzene rings is 2. The third kappa shape index (κ3) is 6.50. The molecule has 10 heteroatoms. The number of carbonyl (C=O) groups is 1. The minimum Gasteiger partial charge on any atom is -0.394 e. The van der Waals surface area contributed by atoms with Gasteiger partial charge in [-0.15, -0.1) is 0 Å². The highest BCUT2D eigenvalue weighted by molar-refractivity contribution is 6.04. The van der Waals surface area contributed by atoms with E-state index >= 15 is 0 Å². The third-order valence-electron chi connectivity index (χ3n) is 5.22. The maximum atomic E-state index is 12.3. The molecule has 0 unspecified atom stereocenters. The molecule has 34 heavy (non-hydrogen) atoms. The number of hydrogen-bond acceptors (Lipinski definition) is 9. The number of rotatable bonds is 9. The first-order valence-corrected chi connectivity index (χ1v) is 11.0. The normalized spacial score (nSPS) is 14.1. The van der Waals surface area contributed by atoms with E-state index in [0.717, 1.165) is 38.5 Å². The predicted molar refractivity (Wildman–Crippen MR) is 131 cm³/mol. The van der Waals surface area contributed by atoms with Gasteiger partial charge in [0.15, 0.2) is 0 Å². The largest absolute Gasteiger partial charge is 0.394 e. The van der Waals surface area contributed by atoms with Gasteiger partial charge in [-0.2, -0.15) is 0 Å². The molecular weight excluding hydrogens is 434 g/mol. The van der Waals surface area contributed by atoms with Crippen molar-refractivity contribution in [1.82, 2.24) is 14.9 Å². The van der Waals surface area contributed by atoms with Crippen LogP contribution in [0.1, 0.15) is 15.9 Å². The standard InChI is InChI=1S/C24H27N7O3/c25-22-21(16-28-34-15-12-31-10-13-33-14-11-31)23(27-17-26-22)29-19-6-8-20(9-7-19)30-24(32)18-4-2-1-3-5-18/h1-9,16-17H,10-15H2,(H,30,32)(H3,25,26,27,29)/b28-16+. The van der Waals surface area contributed by atoms with Gasteiger partial charge in [-0.3, -0.25) is 9.69 Å². The molecule has 1 fully saturated rings. The van der Waals surface area contributed by atoms with E-state index in [0.29, 0.717) is 29.2 Å². The Morgan fingerprint density at radius 3 is 2.59 bits per heavy atom. The Labute approximate surface area is 197 Å². The van der Waals surface area contributed by atoms with Crippen LogP contribution < -0.4 is 16.4 Å². The Bertz CT molecular complexity index is 1100. The van der Waals surface area contributed by atoms with Crippen LogP contribution in [-0.4, -0.2) is 66.4 Å². The van der Waals surface area contributed by atoms with Crippen LogP contribution in [0.3, 0.4) is 0 Å². The molecule has 0 atom stereocenters. The molecule has 2 aromatic carbocycles. The van der Waals surface area contributed by atoms with Gasteiger partial charge in [0.2, 0.25) is 0 Å². The second kappa shape index (κ2) is 11.7. The minimum absolute atomic E-state index is 0.169. The van der Waals surface area contributed by atoms with Crippen LogP contribution in [0, 0.1) is 0 Å². The molecule has 3 aromatic rings. The van der Waals surface area contributed by atoms with Crippen molar-refractivity contribution in [2.75, 3.05) is 55.8 Å². The molecule has 0 radical (unpaired) electrons. The molecular formula is C24H27N7O3. The molecule has 2 heterocycles. The summed E-state index contributed by atoms with van der Waals surface area (Å²) in [6.07, 6.45) is 2.88. The quantitative estimate of drug-likeness (QED) is 0.252. The highest BCUT2D eigenvalue weighted by Crippen LogP contribution is 2.22. The predicted octanol–water partition coefficient (Wildman–Crippen LogP) is 2.74. The fourth-order valence-corrected chi connectivity index (χ4v) is 3.34. The molecule has 0 aliphatic carbocycles. The number of hydrogen-bond donors (Lipinski definition) is 3. The van der Waals surface area contributed by atoms with Crippen molar-refractivity contribution in [3.05, 3.63) is 72.1 Å². The number of nitrogens with zero attached hydrogens (tertiary/aromatic N) is 4. The number of morpholine rings is 1. The fourth-order valence-electron chi connectivity index (χ4n) is 3.34. The van der Waals surface area contributed by atoms with Gasteiger partial charge >= 0.3 is 0 Å². The molecule has 10 nitrogen and oxygen atoms in total. The van der Waals surface area contributed by atoms with Crippen molar-refractivity contribution in [3.8, 4) is 0 Å². The fraction of sp³-hybridized carbons (Fsp3) is 0.250. The lowest BCUT2D eigenvalue weighted by Crippen LogP contribution is -2.38. The minimum atomic E-state index is -0.169. The van der Waals surface area contributed by atoms with Crippen molar-refractivity contribution >= 4 is 35.1 Å². The van der Waals surface area contributed by atoms with Gasteiger partial charge in [-0.1, -0.05) is 23.4 Å². The summed E-state index contributed by atoms with van der Waals surface area (Å²) in [6, 6.07) is 16.3. The van der Waals surface area contributed by atoms with Crippen LogP contribution >= 0.6 is 0 Å². The van der Waals surface area contributed by atoms with E-state index in [9.17, 15) is 4.79 Å². The number of carbonyl (C=O) groups excluding carboxylic acids is 1. The number of oxime groups is 1. The van der Waals surface area contributed by atoms with Crippen molar-refractivity contribution in [1.29, 1.82) is 0 Å². The molecule has 0 bridgehead atoms. The van der Waals surface area contributed by atoms with Crippen LogP contribution in [0.5, 0.6) is 0 Å². The first-order valence-electron chi connectivity index (χ1n) is 11.0. The number of anilines is 4. The molecule has 0 spiro atoms. The molecule has 176 valence electrons. The zero-order valence-electron chi connectivity index (χ0n) is 18.7. The number of ether oxygens (including phenoxy) is 1. The summed E-state index contributed by atoms with van der Waals surface area (Å²) >= 11 is 0. The molecule has 1 amide bonds. The number of aromatic nitrogens is 2. The Morgan fingerprint density at radius 1 is 1.09 bits per heavy atom. The van der Waals surface area contributed by atoms with Gasteiger partial charge in [0.25, 0.3) is 5.91 Å². The van der Waals surface area contributed by atoms with Gasteiger partial charge in [0.05, 0.1) is 25.0 Å². The van der Waals surface area contributed by atoms with E-state index in [-0.39, 0.29) is 11.7 Å². The van der Waals surface area contributed by atoms with Gasteiger partial charge in [-0.25, -0.2) is 9.97 Å². The molecule has 1 saturated heterocycles. The van der Waals surface area contributed by atoms with E-state index in [1.807, 2.05) is 30.3 Å². The average Bonchev–Trinajstić information content (AvgIpc) is 2.87. The van der Waals surface area contributed by atoms with Crippen molar-refractivity contribution < 1.29 is 14.4 Å². The second-order valence-electron chi connectivity index (χ2n) is 7.57. The lowest BCUT2D eigenvalue weighted by molar-refractivity contribution is 0.0214. The summed E-state index contributed by atoms with van der Waals surface area (Å²) in [7, 11) is 0. The first kappa shape index (κ1) is 23.1. The van der Waals surface area contributed by atoms with Crippen LogP contribution in [-0.2, 0) is 9.57 Å². The molecule has 1 aliphatic heterocycles. The Hall–Kier alpha value is -4.02. The zero-order valence-corrected chi connectivity index (χ0v) is 18.7. The first-order chi connectivity index (χ1) is 16.7. The smallest absolute Gasteiger partial charge is 0.255 e. The molecule has 1 aromatic heterocycles. The Morgan fingerprint density at radius 2 is 1.82 bits per heavy atom. The van der Waals surface area contributed by atoms with Crippen LogP contribution in [0.2, 0.25) is 0 Å². The van der Waals surface area contributed by atoms with E-state index < -0.39 is 0 Å². The molecule has 0 saturated carbocycles. The summed E-state index contributed by atoms with van der Waals surface area (Å²) in [6.45, 7) is 4.53. The van der Waals surface area contributed by atoms with Crippen molar-refractivity contribution in [2.45, 2.75) is 0 Å². The molecule has 1 aliphatic rings. The maximum Gasteiger partial charge on any atom is 0.255 e. The number of nitrogens with two attached hydrogens (primary N) is 1. The van der Waals surface area contributed by atoms with Crippen LogP contribution in [0.4, 0.5) is 23.0 Å². The Balaban J connectivity index is 1.34. The highest BCUT2D eigenvalue weighted by atomic mass is 16.6. The van der Waals surface area contributed by atoms with E-state index in [1.165, 1.54) is 12.5 Å². The van der Waals surface area contributed by atoms with Crippen LogP contribution in [0.25, 0.3) is 0 Å². The summed E-state index contributed by atoms with van der Waals surface area (Å²) < 4.78 is 5.34. The monoisotopic (exact) mass is 461 g/mol. The molecule has 4 rings (SSSR count). The van der Waals surface area contributed by atoms with E-state index in [4.69, 9.17) is 15.3 Å². The topological polar surface area (TPSA) is 127 Å². The number of nitrogen functional groups attached to an aromatic ring is 1. The zero-order chi connectivity index (χ0) is 23.6. The van der Waals surface area contributed by atoms with Crippen LogP contribution in [0.15, 0.2) is 66.1 Å². The number of nitrogens with one attached hydrogen (secondary N) is 2. The van der Waals surface area contributed by atoms with E-state index in [1.54, 1.807) is 24.3 Å². The third-order valence-corrected chi connectivity index (χ3v) is 5.22. The van der Waals surface area contributed by atoms with Gasteiger partial charge < -0.3 is 25.9 Å². The van der Waals surface area contributed by atoms with Gasteiger partial charge in [-0.05, 0) is 36.4 Å². The lowest BCUT2D eigenvalue weighted by Gasteiger charge is -2.25. The Kier molecular flexibility index (Phi) is 7.99.